The summed E-state index contributed by atoms with van der Waals surface area (Å²) in [6.07, 6.45) is 2.35. The highest BCUT2D eigenvalue weighted by atomic mass is 35.5. The highest BCUT2D eigenvalue weighted by molar-refractivity contribution is 7.10. The standard InChI is InChI=1S/C13H16ClN3S/c1-4-10-12(14)15-8-16-13(10)17(3)9(2)11-6-5-7-18-11/h5-9H,4H2,1-3H3. The Kier molecular flexibility index (Phi) is 4.19. The quantitative estimate of drug-likeness (QED) is 0.795. The number of hydrogen-bond donors (Lipinski definition) is 0. The van der Waals surface area contributed by atoms with Crippen molar-refractivity contribution in [3.05, 3.63) is 39.4 Å². The van der Waals surface area contributed by atoms with E-state index in [4.69, 9.17) is 11.6 Å². The second-order valence-corrected chi connectivity index (χ2v) is 5.46. The van der Waals surface area contributed by atoms with Gasteiger partial charge in [0.15, 0.2) is 0 Å². The smallest absolute Gasteiger partial charge is 0.137 e. The van der Waals surface area contributed by atoms with Crippen LogP contribution in [0.25, 0.3) is 0 Å². The van der Waals surface area contributed by atoms with Crippen molar-refractivity contribution in [1.82, 2.24) is 9.97 Å². The second-order valence-electron chi connectivity index (χ2n) is 4.12. The number of anilines is 1. The molecule has 5 heteroatoms. The van der Waals surface area contributed by atoms with Crippen LogP contribution in [0.5, 0.6) is 0 Å². The molecule has 0 fully saturated rings. The van der Waals surface area contributed by atoms with Gasteiger partial charge in [0.05, 0.1) is 6.04 Å². The zero-order valence-corrected chi connectivity index (χ0v) is 12.3. The summed E-state index contributed by atoms with van der Waals surface area (Å²) in [5.74, 6) is 0.915. The van der Waals surface area contributed by atoms with Crippen LogP contribution >= 0.6 is 22.9 Å². The predicted molar refractivity (Wildman–Crippen MR) is 77.6 cm³/mol. The Labute approximate surface area is 116 Å². The normalized spacial score (nSPS) is 12.4. The minimum absolute atomic E-state index is 0.279. The Hall–Kier alpha value is -1.13. The number of thiophene rings is 1. The molecule has 0 aliphatic heterocycles. The van der Waals surface area contributed by atoms with Gasteiger partial charge in [-0.3, -0.25) is 0 Å². The lowest BCUT2D eigenvalue weighted by Crippen LogP contribution is -2.23. The summed E-state index contributed by atoms with van der Waals surface area (Å²) < 4.78 is 0. The molecule has 1 atom stereocenters. The van der Waals surface area contributed by atoms with Crippen molar-refractivity contribution >= 4 is 28.8 Å². The maximum atomic E-state index is 6.13. The summed E-state index contributed by atoms with van der Waals surface area (Å²) in [6, 6.07) is 4.49. The maximum absolute atomic E-state index is 6.13. The highest BCUT2D eigenvalue weighted by Gasteiger charge is 2.18. The third-order valence-corrected chi connectivity index (χ3v) is 4.46. The third-order valence-electron chi connectivity index (χ3n) is 3.09. The van der Waals surface area contributed by atoms with Crippen molar-refractivity contribution in [2.45, 2.75) is 26.3 Å². The number of rotatable bonds is 4. The molecule has 2 rings (SSSR count). The van der Waals surface area contributed by atoms with Crippen LogP contribution in [-0.2, 0) is 6.42 Å². The van der Waals surface area contributed by atoms with E-state index in [0.29, 0.717) is 5.15 Å². The van der Waals surface area contributed by atoms with Gasteiger partial charge in [0.1, 0.15) is 17.3 Å². The minimum atomic E-state index is 0.279. The van der Waals surface area contributed by atoms with Crippen molar-refractivity contribution < 1.29 is 0 Å². The molecule has 0 aliphatic carbocycles. The van der Waals surface area contributed by atoms with E-state index in [9.17, 15) is 0 Å². The first-order valence-corrected chi connectivity index (χ1v) is 7.16. The largest absolute Gasteiger partial charge is 0.352 e. The first-order chi connectivity index (χ1) is 8.65. The van der Waals surface area contributed by atoms with Crippen LogP contribution < -0.4 is 4.90 Å². The summed E-state index contributed by atoms with van der Waals surface area (Å²) in [5, 5.41) is 2.64. The Bertz CT molecular complexity index is 513. The molecular formula is C13H16ClN3S. The molecule has 0 saturated heterocycles. The number of halogens is 1. The molecule has 0 amide bonds. The highest BCUT2D eigenvalue weighted by Crippen LogP contribution is 2.31. The van der Waals surface area contributed by atoms with Crippen LogP contribution in [-0.4, -0.2) is 17.0 Å². The monoisotopic (exact) mass is 281 g/mol. The van der Waals surface area contributed by atoms with Crippen LogP contribution in [0, 0.1) is 0 Å². The van der Waals surface area contributed by atoms with Gasteiger partial charge in [-0.05, 0) is 24.8 Å². The predicted octanol–water partition coefficient (Wildman–Crippen LogP) is 3.95. The molecule has 0 spiro atoms. The van der Waals surface area contributed by atoms with E-state index in [1.807, 2.05) is 7.05 Å². The minimum Gasteiger partial charge on any atom is -0.352 e. The molecule has 1 unspecified atom stereocenters. The van der Waals surface area contributed by atoms with Gasteiger partial charge in [-0.15, -0.1) is 11.3 Å². The van der Waals surface area contributed by atoms with Crippen LogP contribution in [0.4, 0.5) is 5.82 Å². The van der Waals surface area contributed by atoms with E-state index < -0.39 is 0 Å². The fraction of sp³-hybridized carbons (Fsp3) is 0.385. The average molecular weight is 282 g/mol. The van der Waals surface area contributed by atoms with Gasteiger partial charge >= 0.3 is 0 Å². The van der Waals surface area contributed by atoms with E-state index in [-0.39, 0.29) is 6.04 Å². The Morgan fingerprint density at radius 1 is 1.44 bits per heavy atom. The SMILES string of the molecule is CCc1c(Cl)ncnc1N(C)C(C)c1cccs1. The first kappa shape index (κ1) is 13.3. The topological polar surface area (TPSA) is 29.0 Å². The molecule has 0 aromatic carbocycles. The summed E-state index contributed by atoms with van der Waals surface area (Å²) in [6.45, 7) is 4.24. The molecule has 3 nitrogen and oxygen atoms in total. The molecule has 2 aromatic rings. The molecule has 18 heavy (non-hydrogen) atoms. The maximum Gasteiger partial charge on any atom is 0.137 e. The van der Waals surface area contributed by atoms with Crippen molar-refractivity contribution in [2.75, 3.05) is 11.9 Å². The third kappa shape index (κ3) is 2.49. The zero-order valence-electron chi connectivity index (χ0n) is 10.7. The van der Waals surface area contributed by atoms with Gasteiger partial charge in [-0.25, -0.2) is 9.97 Å². The van der Waals surface area contributed by atoms with E-state index in [1.165, 1.54) is 11.2 Å². The Morgan fingerprint density at radius 3 is 2.83 bits per heavy atom. The summed E-state index contributed by atoms with van der Waals surface area (Å²) in [7, 11) is 2.04. The van der Waals surface area contributed by atoms with E-state index in [2.05, 4.69) is 46.2 Å². The van der Waals surface area contributed by atoms with Crippen LogP contribution in [0.2, 0.25) is 5.15 Å². The number of aromatic nitrogens is 2. The molecule has 2 aromatic heterocycles. The van der Waals surface area contributed by atoms with Gasteiger partial charge in [-0.2, -0.15) is 0 Å². The lowest BCUT2D eigenvalue weighted by molar-refractivity contribution is 0.733. The summed E-state index contributed by atoms with van der Waals surface area (Å²) in [4.78, 5) is 11.9. The lowest BCUT2D eigenvalue weighted by atomic mass is 10.2. The van der Waals surface area contributed by atoms with Crippen LogP contribution in [0.1, 0.15) is 30.3 Å². The van der Waals surface area contributed by atoms with E-state index in [0.717, 1.165) is 17.8 Å². The number of nitrogens with zero attached hydrogens (tertiary/aromatic N) is 3. The Morgan fingerprint density at radius 2 is 2.22 bits per heavy atom. The molecule has 0 saturated carbocycles. The fourth-order valence-electron chi connectivity index (χ4n) is 1.89. The van der Waals surface area contributed by atoms with Crippen LogP contribution in [0.3, 0.4) is 0 Å². The van der Waals surface area contributed by atoms with Gasteiger partial charge in [-0.1, -0.05) is 24.6 Å². The van der Waals surface area contributed by atoms with Gasteiger partial charge in [0.2, 0.25) is 0 Å². The summed E-state index contributed by atoms with van der Waals surface area (Å²) >= 11 is 7.88. The van der Waals surface area contributed by atoms with E-state index in [1.54, 1.807) is 11.3 Å². The van der Waals surface area contributed by atoms with Crippen molar-refractivity contribution in [1.29, 1.82) is 0 Å². The molecule has 2 heterocycles. The number of hydrogen-bond acceptors (Lipinski definition) is 4. The van der Waals surface area contributed by atoms with Gasteiger partial charge < -0.3 is 4.90 Å². The van der Waals surface area contributed by atoms with Gasteiger partial charge in [0, 0.05) is 17.5 Å². The zero-order chi connectivity index (χ0) is 13.1. The fourth-order valence-corrected chi connectivity index (χ4v) is 2.98. The van der Waals surface area contributed by atoms with Gasteiger partial charge in [0.25, 0.3) is 0 Å². The summed E-state index contributed by atoms with van der Waals surface area (Å²) in [5.41, 5.74) is 1.00. The van der Waals surface area contributed by atoms with Crippen molar-refractivity contribution in [2.24, 2.45) is 0 Å². The molecule has 0 aliphatic rings. The average Bonchev–Trinajstić information content (AvgIpc) is 2.90. The van der Waals surface area contributed by atoms with Crippen molar-refractivity contribution in [3.8, 4) is 0 Å². The molecular weight excluding hydrogens is 266 g/mol. The van der Waals surface area contributed by atoms with Crippen molar-refractivity contribution in [3.63, 3.8) is 0 Å². The van der Waals surface area contributed by atoms with Crippen LogP contribution in [0.15, 0.2) is 23.8 Å². The lowest BCUT2D eigenvalue weighted by Gasteiger charge is -2.27. The first-order valence-electron chi connectivity index (χ1n) is 5.90. The molecule has 0 N–H and O–H groups in total. The molecule has 0 bridgehead atoms. The molecule has 0 radical (unpaired) electrons. The second kappa shape index (κ2) is 5.67. The Balaban J connectivity index is 2.34. The van der Waals surface area contributed by atoms with E-state index >= 15 is 0 Å². The molecule has 96 valence electrons.